The summed E-state index contributed by atoms with van der Waals surface area (Å²) in [6.07, 6.45) is -4.81. The van der Waals surface area contributed by atoms with Crippen LogP contribution in [0.25, 0.3) is 11.0 Å². The van der Waals surface area contributed by atoms with Crippen LogP contribution in [0.1, 0.15) is 16.7 Å². The van der Waals surface area contributed by atoms with Crippen LogP contribution in [0.2, 0.25) is 0 Å². The van der Waals surface area contributed by atoms with Crippen molar-refractivity contribution in [1.82, 2.24) is 0 Å². The van der Waals surface area contributed by atoms with E-state index in [0.717, 1.165) is 12.1 Å². The molecule has 1 aromatic heterocycles. The lowest BCUT2D eigenvalue weighted by Gasteiger charge is -2.10. The van der Waals surface area contributed by atoms with Crippen molar-refractivity contribution in [1.29, 1.82) is 0 Å². The Morgan fingerprint density at radius 2 is 1.89 bits per heavy atom. The highest BCUT2D eigenvalue weighted by molar-refractivity contribution is 5.82. The molecule has 0 aliphatic carbocycles. The molecular formula is C20H15F3O5. The molecule has 0 spiro atoms. The smallest absolute Gasteiger partial charge is 0.416 e. The van der Waals surface area contributed by atoms with Crippen molar-refractivity contribution in [3.63, 3.8) is 0 Å². The van der Waals surface area contributed by atoms with Crippen molar-refractivity contribution in [3.05, 3.63) is 75.6 Å². The molecule has 0 radical (unpaired) electrons. The quantitative estimate of drug-likeness (QED) is 0.483. The minimum absolute atomic E-state index is 0.182. The first-order valence-corrected chi connectivity index (χ1v) is 8.19. The number of esters is 1. The lowest BCUT2D eigenvalue weighted by atomic mass is 10.1. The number of alkyl halides is 3. The van der Waals surface area contributed by atoms with E-state index in [1.54, 1.807) is 12.1 Å². The molecule has 3 rings (SSSR count). The van der Waals surface area contributed by atoms with Crippen LogP contribution >= 0.6 is 0 Å². The topological polar surface area (TPSA) is 65.7 Å². The summed E-state index contributed by atoms with van der Waals surface area (Å²) < 4.78 is 53.6. The van der Waals surface area contributed by atoms with Crippen LogP contribution in [0.5, 0.6) is 5.75 Å². The maximum Gasteiger partial charge on any atom is 0.416 e. The average molecular weight is 392 g/mol. The van der Waals surface area contributed by atoms with E-state index < -0.39 is 23.3 Å². The van der Waals surface area contributed by atoms with Gasteiger partial charge in [0.2, 0.25) is 0 Å². The second-order valence-corrected chi connectivity index (χ2v) is 5.99. The van der Waals surface area contributed by atoms with E-state index in [4.69, 9.17) is 13.9 Å². The van der Waals surface area contributed by atoms with Crippen LogP contribution in [0, 0.1) is 0 Å². The molecular weight excluding hydrogens is 377 g/mol. The molecule has 0 aliphatic heterocycles. The lowest BCUT2D eigenvalue weighted by molar-refractivity contribution is -0.144. The van der Waals surface area contributed by atoms with Crippen LogP contribution in [-0.4, -0.2) is 13.1 Å². The summed E-state index contributed by atoms with van der Waals surface area (Å²) in [5, 5.41) is 0.562. The van der Waals surface area contributed by atoms with Crippen LogP contribution in [0.3, 0.4) is 0 Å². The standard InChI is InChI=1S/C20H15F3O5/c1-26-15-5-6-16-13(9-19(25)28-17(16)10-15)11-27-18(24)8-12-3-2-4-14(7-12)20(21,22)23/h2-7,9-10H,8,11H2,1H3. The summed E-state index contributed by atoms with van der Waals surface area (Å²) in [4.78, 5) is 23.8. The number of benzene rings is 2. The summed E-state index contributed by atoms with van der Waals surface area (Å²) in [7, 11) is 1.47. The van der Waals surface area contributed by atoms with Crippen molar-refractivity contribution < 1.29 is 31.9 Å². The Morgan fingerprint density at radius 1 is 1.11 bits per heavy atom. The maximum absolute atomic E-state index is 12.8. The number of methoxy groups -OCH3 is 1. The number of halogens is 3. The van der Waals surface area contributed by atoms with E-state index in [2.05, 4.69) is 0 Å². The summed E-state index contributed by atoms with van der Waals surface area (Å²) in [6.45, 7) is -0.216. The molecule has 0 fully saturated rings. The van der Waals surface area contributed by atoms with Gasteiger partial charge in [0.05, 0.1) is 19.1 Å². The second-order valence-electron chi connectivity index (χ2n) is 5.99. The second kappa shape index (κ2) is 7.75. The molecule has 0 amide bonds. The van der Waals surface area contributed by atoms with Gasteiger partial charge < -0.3 is 13.9 Å². The van der Waals surface area contributed by atoms with Crippen molar-refractivity contribution in [2.45, 2.75) is 19.2 Å². The zero-order valence-corrected chi connectivity index (χ0v) is 14.7. The molecule has 28 heavy (non-hydrogen) atoms. The molecule has 0 bridgehead atoms. The fourth-order valence-corrected chi connectivity index (χ4v) is 2.69. The fourth-order valence-electron chi connectivity index (χ4n) is 2.69. The predicted molar refractivity (Wildman–Crippen MR) is 94.0 cm³/mol. The van der Waals surface area contributed by atoms with E-state index in [-0.39, 0.29) is 24.2 Å². The highest BCUT2D eigenvalue weighted by Crippen LogP contribution is 2.29. The van der Waals surface area contributed by atoms with Gasteiger partial charge in [0, 0.05) is 23.1 Å². The van der Waals surface area contributed by atoms with Gasteiger partial charge in [-0.3, -0.25) is 4.79 Å². The molecule has 0 aliphatic rings. The number of ether oxygens (including phenoxy) is 2. The third-order valence-corrected chi connectivity index (χ3v) is 4.03. The van der Waals surface area contributed by atoms with E-state index in [9.17, 15) is 22.8 Å². The van der Waals surface area contributed by atoms with Crippen LogP contribution in [0.15, 0.2) is 57.7 Å². The van der Waals surface area contributed by atoms with E-state index in [0.29, 0.717) is 16.7 Å². The van der Waals surface area contributed by atoms with Gasteiger partial charge in [-0.25, -0.2) is 4.79 Å². The highest BCUT2D eigenvalue weighted by Gasteiger charge is 2.30. The van der Waals surface area contributed by atoms with Gasteiger partial charge >= 0.3 is 17.8 Å². The minimum Gasteiger partial charge on any atom is -0.497 e. The summed E-state index contributed by atoms with van der Waals surface area (Å²) >= 11 is 0. The monoisotopic (exact) mass is 392 g/mol. The molecule has 0 atom stereocenters. The molecule has 1 heterocycles. The fraction of sp³-hybridized carbons (Fsp3) is 0.200. The molecule has 0 saturated heterocycles. The Labute approximate surface area is 157 Å². The molecule has 2 aromatic carbocycles. The summed E-state index contributed by atoms with van der Waals surface area (Å²) in [6, 6.07) is 10.5. The Hall–Kier alpha value is -3.29. The first kappa shape index (κ1) is 19.5. The Morgan fingerprint density at radius 3 is 2.61 bits per heavy atom. The van der Waals surface area contributed by atoms with E-state index in [1.165, 1.54) is 31.4 Å². The Kier molecular flexibility index (Phi) is 5.39. The van der Waals surface area contributed by atoms with Crippen molar-refractivity contribution in [2.24, 2.45) is 0 Å². The number of hydrogen-bond acceptors (Lipinski definition) is 5. The number of fused-ring (bicyclic) bond motifs is 1. The van der Waals surface area contributed by atoms with Crippen molar-refractivity contribution in [2.75, 3.05) is 7.11 Å². The first-order chi connectivity index (χ1) is 13.3. The molecule has 3 aromatic rings. The van der Waals surface area contributed by atoms with Gasteiger partial charge in [-0.05, 0) is 23.8 Å². The highest BCUT2D eigenvalue weighted by atomic mass is 19.4. The van der Waals surface area contributed by atoms with Gasteiger partial charge in [-0.1, -0.05) is 18.2 Å². The third-order valence-electron chi connectivity index (χ3n) is 4.03. The number of carbonyl (C=O) groups excluding carboxylic acids is 1. The number of rotatable bonds is 5. The largest absolute Gasteiger partial charge is 0.497 e. The zero-order chi connectivity index (χ0) is 20.3. The third kappa shape index (κ3) is 4.51. The molecule has 0 saturated carbocycles. The zero-order valence-electron chi connectivity index (χ0n) is 14.7. The van der Waals surface area contributed by atoms with Crippen LogP contribution in [-0.2, 0) is 28.7 Å². The summed E-state index contributed by atoms with van der Waals surface area (Å²) in [5.41, 5.74) is -0.577. The van der Waals surface area contributed by atoms with Gasteiger partial charge in [0.25, 0.3) is 0 Å². The molecule has 0 N–H and O–H groups in total. The SMILES string of the molecule is COc1ccc2c(COC(=O)Cc3cccc(C(F)(F)F)c3)cc(=O)oc2c1. The van der Waals surface area contributed by atoms with Gasteiger partial charge in [0.1, 0.15) is 17.9 Å². The number of carbonyl (C=O) groups is 1. The van der Waals surface area contributed by atoms with E-state index >= 15 is 0 Å². The molecule has 0 unspecified atom stereocenters. The predicted octanol–water partition coefficient (Wildman–Crippen LogP) is 4.11. The van der Waals surface area contributed by atoms with Gasteiger partial charge in [-0.15, -0.1) is 0 Å². The molecule has 8 heteroatoms. The van der Waals surface area contributed by atoms with E-state index in [1.807, 2.05) is 0 Å². The average Bonchev–Trinajstić information content (AvgIpc) is 2.65. The van der Waals surface area contributed by atoms with Crippen LogP contribution < -0.4 is 10.4 Å². The van der Waals surface area contributed by atoms with Crippen molar-refractivity contribution >= 4 is 16.9 Å². The normalized spacial score (nSPS) is 11.4. The van der Waals surface area contributed by atoms with Gasteiger partial charge in [-0.2, -0.15) is 13.2 Å². The Bertz CT molecular complexity index is 1070. The summed E-state index contributed by atoms with van der Waals surface area (Å²) in [5.74, 6) is -0.219. The minimum atomic E-state index is -4.49. The van der Waals surface area contributed by atoms with Crippen molar-refractivity contribution in [3.8, 4) is 5.75 Å². The molecule has 5 nitrogen and oxygen atoms in total. The maximum atomic E-state index is 12.8. The molecule has 146 valence electrons. The van der Waals surface area contributed by atoms with Crippen LogP contribution in [0.4, 0.5) is 13.2 Å². The van der Waals surface area contributed by atoms with Gasteiger partial charge in [0.15, 0.2) is 0 Å². The number of hydrogen-bond donors (Lipinski definition) is 0. The first-order valence-electron chi connectivity index (χ1n) is 8.19. The Balaban J connectivity index is 1.74. The lowest BCUT2D eigenvalue weighted by Crippen LogP contribution is -2.11.